The molecular weight excluding hydrogens is 154 g/mol. The first-order valence-electron chi connectivity index (χ1n) is 4.30. The lowest BCUT2D eigenvalue weighted by molar-refractivity contribution is 0.180. The molecule has 0 aromatic heterocycles. The van der Waals surface area contributed by atoms with Crippen LogP contribution in [0.15, 0.2) is 4.99 Å². The van der Waals surface area contributed by atoms with E-state index in [4.69, 9.17) is 10.5 Å². The zero-order valence-corrected chi connectivity index (χ0v) is 7.71. The van der Waals surface area contributed by atoms with Gasteiger partial charge in [0.05, 0.1) is 6.61 Å². The van der Waals surface area contributed by atoms with Crippen molar-refractivity contribution < 1.29 is 4.74 Å². The summed E-state index contributed by atoms with van der Waals surface area (Å²) in [6.45, 7) is 3.82. The average molecular weight is 171 g/mol. The van der Waals surface area contributed by atoms with Crippen molar-refractivity contribution in [3.05, 3.63) is 0 Å². The van der Waals surface area contributed by atoms with Gasteiger partial charge in [-0.2, -0.15) is 0 Å². The van der Waals surface area contributed by atoms with Gasteiger partial charge in [0.25, 0.3) is 0 Å². The molecule has 2 atom stereocenters. The summed E-state index contributed by atoms with van der Waals surface area (Å²) >= 11 is 0. The molecule has 1 heterocycles. The smallest absolute Gasteiger partial charge is 0.188 e. The standard InChI is InChI=1S/C8H17N3O/c1-6(11-8(9)10-2)7-3-4-12-5-7/h6-7H,3-5H2,1-2H3,(H3,9,10,11). The number of nitrogens with two attached hydrogens (primary N) is 1. The molecule has 0 radical (unpaired) electrons. The highest BCUT2D eigenvalue weighted by Gasteiger charge is 2.22. The fraction of sp³-hybridized carbons (Fsp3) is 0.875. The molecular formula is C8H17N3O. The molecule has 0 spiro atoms. The Balaban J connectivity index is 2.31. The highest BCUT2D eigenvalue weighted by molar-refractivity contribution is 5.77. The maximum absolute atomic E-state index is 5.54. The molecule has 2 unspecified atom stereocenters. The lowest BCUT2D eigenvalue weighted by Gasteiger charge is -2.19. The predicted molar refractivity (Wildman–Crippen MR) is 49.1 cm³/mol. The topological polar surface area (TPSA) is 59.6 Å². The molecule has 3 N–H and O–H groups in total. The van der Waals surface area contributed by atoms with E-state index >= 15 is 0 Å². The first-order chi connectivity index (χ1) is 5.74. The summed E-state index contributed by atoms with van der Waals surface area (Å²) in [5.41, 5.74) is 5.54. The van der Waals surface area contributed by atoms with Crippen LogP contribution < -0.4 is 11.1 Å². The molecule has 0 amide bonds. The predicted octanol–water partition coefficient (Wildman–Crippen LogP) is -0.0545. The molecule has 70 valence electrons. The maximum atomic E-state index is 5.54. The molecule has 0 aliphatic carbocycles. The van der Waals surface area contributed by atoms with Gasteiger partial charge in [-0.15, -0.1) is 0 Å². The Morgan fingerprint density at radius 3 is 3.00 bits per heavy atom. The summed E-state index contributed by atoms with van der Waals surface area (Å²) in [4.78, 5) is 3.84. The Bertz CT molecular complexity index is 164. The third kappa shape index (κ3) is 2.37. The van der Waals surface area contributed by atoms with Crippen LogP contribution in [0.4, 0.5) is 0 Å². The van der Waals surface area contributed by atoms with Crippen LogP contribution in [0.3, 0.4) is 0 Å². The molecule has 1 fully saturated rings. The molecule has 1 aliphatic heterocycles. The molecule has 1 saturated heterocycles. The number of nitrogens with zero attached hydrogens (tertiary/aromatic N) is 1. The fourth-order valence-corrected chi connectivity index (χ4v) is 1.36. The second-order valence-corrected chi connectivity index (χ2v) is 3.17. The molecule has 1 aliphatic rings. The third-order valence-corrected chi connectivity index (χ3v) is 2.29. The minimum atomic E-state index is 0.358. The molecule has 12 heavy (non-hydrogen) atoms. The fourth-order valence-electron chi connectivity index (χ4n) is 1.36. The molecule has 0 aromatic carbocycles. The minimum absolute atomic E-state index is 0.358. The summed E-state index contributed by atoms with van der Waals surface area (Å²) < 4.78 is 5.27. The molecule has 0 bridgehead atoms. The largest absolute Gasteiger partial charge is 0.381 e. The van der Waals surface area contributed by atoms with Gasteiger partial charge in [0, 0.05) is 25.6 Å². The molecule has 0 aromatic rings. The second kappa shape index (κ2) is 4.30. The Hall–Kier alpha value is -0.770. The Labute approximate surface area is 73.2 Å². The number of aliphatic imine (C=N–C) groups is 1. The van der Waals surface area contributed by atoms with Gasteiger partial charge in [0.1, 0.15) is 0 Å². The SMILES string of the molecule is CN=C(N)NC(C)C1CCOC1. The normalized spacial score (nSPS) is 27.2. The first-order valence-corrected chi connectivity index (χ1v) is 4.30. The Morgan fingerprint density at radius 2 is 2.50 bits per heavy atom. The summed E-state index contributed by atoms with van der Waals surface area (Å²) in [6.07, 6.45) is 1.12. The van der Waals surface area contributed by atoms with E-state index in [0.717, 1.165) is 19.6 Å². The zero-order chi connectivity index (χ0) is 8.97. The number of hydrogen-bond acceptors (Lipinski definition) is 2. The van der Waals surface area contributed by atoms with Crippen molar-refractivity contribution in [3.8, 4) is 0 Å². The minimum Gasteiger partial charge on any atom is -0.381 e. The number of guanidine groups is 1. The van der Waals surface area contributed by atoms with E-state index in [9.17, 15) is 0 Å². The van der Waals surface area contributed by atoms with Crippen LogP contribution in [-0.2, 0) is 4.74 Å². The van der Waals surface area contributed by atoms with Crippen LogP contribution in [0.25, 0.3) is 0 Å². The Morgan fingerprint density at radius 1 is 1.75 bits per heavy atom. The van der Waals surface area contributed by atoms with Gasteiger partial charge in [0.15, 0.2) is 5.96 Å². The van der Waals surface area contributed by atoms with Gasteiger partial charge >= 0.3 is 0 Å². The summed E-state index contributed by atoms with van der Waals surface area (Å²) in [5, 5.41) is 3.12. The van der Waals surface area contributed by atoms with Gasteiger partial charge in [0.2, 0.25) is 0 Å². The summed E-state index contributed by atoms with van der Waals surface area (Å²) in [5.74, 6) is 1.08. The average Bonchev–Trinajstić information content (AvgIpc) is 2.56. The molecule has 0 saturated carbocycles. The van der Waals surface area contributed by atoms with Gasteiger partial charge < -0.3 is 15.8 Å². The first kappa shape index (κ1) is 9.32. The molecule has 1 rings (SSSR count). The monoisotopic (exact) mass is 171 g/mol. The van der Waals surface area contributed by atoms with Crippen LogP contribution in [0.5, 0.6) is 0 Å². The summed E-state index contributed by atoms with van der Waals surface area (Å²) in [6, 6.07) is 0.358. The van der Waals surface area contributed by atoms with Crippen molar-refractivity contribution in [1.29, 1.82) is 0 Å². The van der Waals surface area contributed by atoms with Crippen molar-refractivity contribution in [2.45, 2.75) is 19.4 Å². The van der Waals surface area contributed by atoms with Gasteiger partial charge in [-0.3, -0.25) is 4.99 Å². The number of hydrogen-bond donors (Lipinski definition) is 2. The van der Waals surface area contributed by atoms with Crippen molar-refractivity contribution in [3.63, 3.8) is 0 Å². The van der Waals surface area contributed by atoms with Crippen molar-refractivity contribution in [1.82, 2.24) is 5.32 Å². The van der Waals surface area contributed by atoms with E-state index < -0.39 is 0 Å². The molecule has 4 heteroatoms. The van der Waals surface area contributed by atoms with Crippen LogP contribution in [0.1, 0.15) is 13.3 Å². The third-order valence-electron chi connectivity index (χ3n) is 2.29. The Kier molecular flexibility index (Phi) is 3.34. The van der Waals surface area contributed by atoms with E-state index in [-0.39, 0.29) is 0 Å². The van der Waals surface area contributed by atoms with Gasteiger partial charge in [-0.1, -0.05) is 0 Å². The lowest BCUT2D eigenvalue weighted by atomic mass is 10.0. The molecule has 4 nitrogen and oxygen atoms in total. The zero-order valence-electron chi connectivity index (χ0n) is 7.71. The van der Waals surface area contributed by atoms with Gasteiger partial charge in [-0.05, 0) is 13.3 Å². The maximum Gasteiger partial charge on any atom is 0.188 e. The van der Waals surface area contributed by atoms with Crippen LogP contribution >= 0.6 is 0 Å². The van der Waals surface area contributed by atoms with Crippen molar-refractivity contribution >= 4 is 5.96 Å². The highest BCUT2D eigenvalue weighted by Crippen LogP contribution is 2.15. The van der Waals surface area contributed by atoms with E-state index in [1.165, 1.54) is 0 Å². The van der Waals surface area contributed by atoms with E-state index in [1.54, 1.807) is 7.05 Å². The van der Waals surface area contributed by atoms with Gasteiger partial charge in [-0.25, -0.2) is 0 Å². The number of nitrogens with one attached hydrogen (secondary N) is 1. The summed E-state index contributed by atoms with van der Waals surface area (Å²) in [7, 11) is 1.68. The van der Waals surface area contributed by atoms with E-state index in [2.05, 4.69) is 17.2 Å². The van der Waals surface area contributed by atoms with Crippen LogP contribution in [-0.4, -0.2) is 32.3 Å². The number of ether oxygens (including phenoxy) is 1. The van der Waals surface area contributed by atoms with Crippen molar-refractivity contribution in [2.24, 2.45) is 16.6 Å². The van der Waals surface area contributed by atoms with Crippen molar-refractivity contribution in [2.75, 3.05) is 20.3 Å². The van der Waals surface area contributed by atoms with E-state index in [0.29, 0.717) is 17.9 Å². The van der Waals surface area contributed by atoms with Crippen LogP contribution in [0, 0.1) is 5.92 Å². The lowest BCUT2D eigenvalue weighted by Crippen LogP contribution is -2.42. The van der Waals surface area contributed by atoms with Crippen LogP contribution in [0.2, 0.25) is 0 Å². The quantitative estimate of drug-likeness (QED) is 0.452. The number of rotatable bonds is 2. The second-order valence-electron chi connectivity index (χ2n) is 3.17. The van der Waals surface area contributed by atoms with E-state index in [1.807, 2.05) is 0 Å². The highest BCUT2D eigenvalue weighted by atomic mass is 16.5.